The van der Waals surface area contributed by atoms with E-state index in [1.165, 1.54) is 6.92 Å². The summed E-state index contributed by atoms with van der Waals surface area (Å²) in [5.41, 5.74) is 2.72. The van der Waals surface area contributed by atoms with Gasteiger partial charge in [-0.25, -0.2) is 5.01 Å². The lowest BCUT2D eigenvalue weighted by molar-refractivity contribution is -0.119. The normalized spacial score (nSPS) is 13.4. The van der Waals surface area contributed by atoms with Gasteiger partial charge in [0, 0.05) is 13.0 Å². The van der Waals surface area contributed by atoms with E-state index in [9.17, 15) is 4.79 Å². The second kappa shape index (κ2) is 7.97. The van der Waals surface area contributed by atoms with Crippen LogP contribution in [0.4, 0.5) is 11.9 Å². The fourth-order valence-corrected chi connectivity index (χ4v) is 1.70. The molecule has 0 spiro atoms. The average Bonchev–Trinajstić information content (AvgIpc) is 2.42. The fourth-order valence-electron chi connectivity index (χ4n) is 1.54. The second-order valence-electron chi connectivity index (χ2n) is 4.98. The Morgan fingerprint density at radius 2 is 1.90 bits per heavy atom. The maximum atomic E-state index is 11.4. The van der Waals surface area contributed by atoms with Gasteiger partial charge in [0.25, 0.3) is 5.95 Å². The van der Waals surface area contributed by atoms with E-state index in [0.29, 0.717) is 11.9 Å². The van der Waals surface area contributed by atoms with Crippen LogP contribution in [0.5, 0.6) is 0 Å². The molecule has 1 aromatic rings. The van der Waals surface area contributed by atoms with Gasteiger partial charge in [-0.05, 0) is 38.3 Å². The van der Waals surface area contributed by atoms with E-state index < -0.39 is 0 Å². The molecule has 0 aliphatic carbocycles. The van der Waals surface area contributed by atoms with Gasteiger partial charge >= 0.3 is 0 Å². The van der Waals surface area contributed by atoms with E-state index >= 15 is 0 Å². The summed E-state index contributed by atoms with van der Waals surface area (Å²) in [5, 5.41) is 4.85. The van der Waals surface area contributed by atoms with Crippen molar-refractivity contribution < 1.29 is 4.79 Å². The van der Waals surface area contributed by atoms with Crippen LogP contribution in [-0.4, -0.2) is 32.9 Å². The van der Waals surface area contributed by atoms with Crippen molar-refractivity contribution in [3.63, 3.8) is 0 Å². The summed E-state index contributed by atoms with van der Waals surface area (Å²) in [6.07, 6.45) is 1.75. The quantitative estimate of drug-likeness (QED) is 0.752. The minimum absolute atomic E-state index is 0.0313. The topological polar surface area (TPSA) is 83.0 Å². The van der Waals surface area contributed by atoms with Crippen molar-refractivity contribution in [2.45, 2.75) is 59.5 Å². The average molecular weight is 315 g/mol. The molecule has 1 rings (SSSR count). The number of anilines is 2. The molecule has 118 valence electrons. The molecule has 7 nitrogen and oxygen atoms in total. The van der Waals surface area contributed by atoms with Crippen LogP contribution in [0.2, 0.25) is 5.28 Å². The smallest absolute Gasteiger partial charge is 0.250 e. The summed E-state index contributed by atoms with van der Waals surface area (Å²) in [6, 6.07) is 0.248. The monoisotopic (exact) mass is 314 g/mol. The summed E-state index contributed by atoms with van der Waals surface area (Å²) >= 11 is 5.96. The van der Waals surface area contributed by atoms with Crippen molar-refractivity contribution in [3.05, 3.63) is 5.28 Å². The number of carbonyl (C=O) groups is 1. The van der Waals surface area contributed by atoms with Crippen molar-refractivity contribution >= 4 is 29.4 Å². The minimum atomic E-state index is -0.191. The first-order valence-corrected chi connectivity index (χ1v) is 7.49. The number of hydrazine groups is 1. The van der Waals surface area contributed by atoms with Crippen molar-refractivity contribution in [3.8, 4) is 0 Å². The van der Waals surface area contributed by atoms with Crippen LogP contribution < -0.4 is 15.8 Å². The summed E-state index contributed by atoms with van der Waals surface area (Å²) in [7, 11) is 0. The van der Waals surface area contributed by atoms with Crippen molar-refractivity contribution in [2.75, 3.05) is 10.3 Å². The molecular weight excluding hydrogens is 292 g/mol. The van der Waals surface area contributed by atoms with Crippen molar-refractivity contribution in [2.24, 2.45) is 0 Å². The molecule has 0 unspecified atom stereocenters. The molecule has 1 amide bonds. The summed E-state index contributed by atoms with van der Waals surface area (Å²) < 4.78 is 0. The summed E-state index contributed by atoms with van der Waals surface area (Å²) in [5.74, 6) is 0.534. The van der Waals surface area contributed by atoms with E-state index in [2.05, 4.69) is 32.6 Å². The van der Waals surface area contributed by atoms with Crippen LogP contribution in [0.25, 0.3) is 0 Å². The van der Waals surface area contributed by atoms with Gasteiger partial charge in [-0.15, -0.1) is 0 Å². The maximum Gasteiger partial charge on any atom is 0.250 e. The Morgan fingerprint density at radius 1 is 1.24 bits per heavy atom. The molecule has 8 heteroatoms. The van der Waals surface area contributed by atoms with Crippen LogP contribution in [-0.2, 0) is 4.79 Å². The standard InChI is InChI=1S/C13H23ClN6O/c1-6-8(3)15-12-16-11(14)17-13(18-12)20(9(4)7-2)19-10(5)21/h8-9H,6-7H2,1-5H3,(H,19,21)(H,15,16,17,18)/t8-,9+/m1/s1. The van der Waals surface area contributed by atoms with Gasteiger partial charge in [0.1, 0.15) is 0 Å². The van der Waals surface area contributed by atoms with Crippen LogP contribution >= 0.6 is 11.6 Å². The Labute approximate surface area is 130 Å². The van der Waals surface area contributed by atoms with Crippen molar-refractivity contribution in [1.29, 1.82) is 0 Å². The number of halogens is 1. The largest absolute Gasteiger partial charge is 0.352 e. The van der Waals surface area contributed by atoms with E-state index in [1.807, 2.05) is 20.8 Å². The zero-order valence-electron chi connectivity index (χ0n) is 13.1. The Hall–Kier alpha value is -1.63. The lowest BCUT2D eigenvalue weighted by Gasteiger charge is -2.28. The highest BCUT2D eigenvalue weighted by molar-refractivity contribution is 6.28. The van der Waals surface area contributed by atoms with Crippen LogP contribution in [0.1, 0.15) is 47.5 Å². The molecule has 1 aromatic heterocycles. The number of carbonyl (C=O) groups excluding carboxylic acids is 1. The summed E-state index contributed by atoms with van der Waals surface area (Å²) in [6.45, 7) is 9.51. The van der Waals surface area contributed by atoms with Gasteiger partial charge in [-0.1, -0.05) is 13.8 Å². The highest BCUT2D eigenvalue weighted by Crippen LogP contribution is 2.16. The van der Waals surface area contributed by atoms with Gasteiger partial charge in [0.05, 0.1) is 6.04 Å². The van der Waals surface area contributed by atoms with E-state index in [1.54, 1.807) is 5.01 Å². The first kappa shape index (κ1) is 17.4. The molecule has 0 aliphatic heterocycles. The SMILES string of the molecule is CC[C@@H](C)Nc1nc(Cl)nc(N(NC(C)=O)[C@@H](C)CC)n1. The van der Waals surface area contributed by atoms with Gasteiger partial charge < -0.3 is 5.32 Å². The second-order valence-corrected chi connectivity index (χ2v) is 5.32. The molecule has 0 aliphatic rings. The van der Waals surface area contributed by atoms with Gasteiger partial charge in [0.15, 0.2) is 0 Å². The highest BCUT2D eigenvalue weighted by atomic mass is 35.5. The minimum Gasteiger partial charge on any atom is -0.352 e. The number of nitrogens with zero attached hydrogens (tertiary/aromatic N) is 4. The Morgan fingerprint density at radius 3 is 2.43 bits per heavy atom. The third-order valence-electron chi connectivity index (χ3n) is 3.11. The van der Waals surface area contributed by atoms with Crippen LogP contribution in [0, 0.1) is 0 Å². The maximum absolute atomic E-state index is 11.4. The van der Waals surface area contributed by atoms with Crippen LogP contribution in [0.3, 0.4) is 0 Å². The van der Waals surface area contributed by atoms with Gasteiger partial charge in [-0.3, -0.25) is 10.2 Å². The summed E-state index contributed by atoms with van der Waals surface area (Å²) in [4.78, 5) is 23.9. The number of aromatic nitrogens is 3. The van der Waals surface area contributed by atoms with E-state index in [0.717, 1.165) is 12.8 Å². The van der Waals surface area contributed by atoms with Gasteiger partial charge in [0.2, 0.25) is 17.1 Å². The zero-order valence-corrected chi connectivity index (χ0v) is 13.9. The lowest BCUT2D eigenvalue weighted by Crippen LogP contribution is -2.47. The third kappa shape index (κ3) is 5.34. The molecule has 0 radical (unpaired) electrons. The van der Waals surface area contributed by atoms with Gasteiger partial charge in [-0.2, -0.15) is 15.0 Å². The molecule has 0 saturated carbocycles. The zero-order chi connectivity index (χ0) is 16.0. The number of amides is 1. The number of hydrogen-bond acceptors (Lipinski definition) is 6. The lowest BCUT2D eigenvalue weighted by atomic mass is 10.2. The molecule has 21 heavy (non-hydrogen) atoms. The first-order valence-electron chi connectivity index (χ1n) is 7.11. The molecular formula is C13H23ClN6O. The van der Waals surface area contributed by atoms with Crippen molar-refractivity contribution in [1.82, 2.24) is 20.4 Å². The predicted molar refractivity (Wildman–Crippen MR) is 84.3 cm³/mol. The Balaban J connectivity index is 3.09. The first-order chi connectivity index (χ1) is 9.87. The Bertz CT molecular complexity index is 484. The predicted octanol–water partition coefficient (Wildman–Crippen LogP) is 2.39. The van der Waals surface area contributed by atoms with Crippen LogP contribution in [0.15, 0.2) is 0 Å². The molecule has 1 heterocycles. The Kier molecular flexibility index (Phi) is 6.61. The molecule has 2 atom stereocenters. The molecule has 0 saturated heterocycles. The van der Waals surface area contributed by atoms with E-state index in [-0.39, 0.29) is 23.3 Å². The molecule has 0 aromatic carbocycles. The fraction of sp³-hybridized carbons (Fsp3) is 0.692. The molecule has 0 bridgehead atoms. The number of nitrogens with one attached hydrogen (secondary N) is 2. The number of hydrogen-bond donors (Lipinski definition) is 2. The highest BCUT2D eigenvalue weighted by Gasteiger charge is 2.19. The molecule has 2 N–H and O–H groups in total. The molecule has 0 fully saturated rings. The number of rotatable bonds is 7. The van der Waals surface area contributed by atoms with E-state index in [4.69, 9.17) is 11.6 Å². The third-order valence-corrected chi connectivity index (χ3v) is 3.28.